The summed E-state index contributed by atoms with van der Waals surface area (Å²) in [5.41, 5.74) is 2.87. The van der Waals surface area contributed by atoms with Crippen LogP contribution in [0.5, 0.6) is 0 Å². The Kier molecular flexibility index (Phi) is 7.15. The fraction of sp³-hybridized carbons (Fsp3) is 0.667. The minimum absolute atomic E-state index is 0.654. The van der Waals surface area contributed by atoms with Gasteiger partial charge in [0.2, 0.25) is 0 Å². The van der Waals surface area contributed by atoms with Crippen molar-refractivity contribution in [2.45, 2.75) is 53.4 Å². The summed E-state index contributed by atoms with van der Waals surface area (Å²) in [5.74, 6) is 2.17. The smallest absolute Gasteiger partial charge is 0.00202 e. The van der Waals surface area contributed by atoms with Gasteiger partial charge in [-0.05, 0) is 43.2 Å². The van der Waals surface area contributed by atoms with E-state index in [0.717, 1.165) is 24.9 Å². The van der Waals surface area contributed by atoms with E-state index >= 15 is 0 Å². The normalized spacial score (nSPS) is 13.2. The third kappa shape index (κ3) is 6.77. The van der Waals surface area contributed by atoms with E-state index in [-0.39, 0.29) is 0 Å². The lowest BCUT2D eigenvalue weighted by Gasteiger charge is -2.20. The van der Waals surface area contributed by atoms with Crippen LogP contribution in [0.15, 0.2) is 24.3 Å². The monoisotopic (exact) mass is 261 g/mol. The average Bonchev–Trinajstić information content (AvgIpc) is 2.32. The molecule has 0 aromatic heterocycles. The summed E-state index contributed by atoms with van der Waals surface area (Å²) in [5, 5.41) is 3.63. The Labute approximate surface area is 119 Å². The van der Waals surface area contributed by atoms with Crippen LogP contribution in [0.1, 0.15) is 57.6 Å². The summed E-state index contributed by atoms with van der Waals surface area (Å²) in [4.78, 5) is 0. The van der Waals surface area contributed by atoms with Gasteiger partial charge in [0.1, 0.15) is 0 Å². The van der Waals surface area contributed by atoms with Crippen molar-refractivity contribution in [2.24, 2.45) is 11.8 Å². The third-order valence-corrected chi connectivity index (χ3v) is 3.55. The van der Waals surface area contributed by atoms with Crippen molar-refractivity contribution in [1.82, 2.24) is 5.32 Å². The van der Waals surface area contributed by atoms with E-state index in [4.69, 9.17) is 0 Å². The standard InChI is InChI=1S/C18H31N/c1-14(2)9-10-18(13-19-12-15(3)4)17-8-6-7-16(5)11-17/h6-8,11,14-15,18-19H,9-10,12-13H2,1-5H3. The Balaban J connectivity index is 2.62. The SMILES string of the molecule is Cc1cccc(C(CCC(C)C)CNCC(C)C)c1. The molecule has 1 heteroatoms. The number of rotatable bonds is 8. The maximum Gasteiger partial charge on any atom is 0.00202 e. The number of nitrogens with one attached hydrogen (secondary N) is 1. The minimum atomic E-state index is 0.654. The Morgan fingerprint density at radius 1 is 0.947 bits per heavy atom. The molecule has 0 saturated heterocycles. The Hall–Kier alpha value is -0.820. The lowest BCUT2D eigenvalue weighted by atomic mass is 9.90. The average molecular weight is 261 g/mol. The molecule has 1 aromatic carbocycles. The second-order valence-corrected chi connectivity index (χ2v) is 6.63. The van der Waals surface area contributed by atoms with E-state index in [2.05, 4.69) is 64.2 Å². The number of hydrogen-bond donors (Lipinski definition) is 1. The molecular weight excluding hydrogens is 230 g/mol. The quantitative estimate of drug-likeness (QED) is 0.711. The van der Waals surface area contributed by atoms with Crippen LogP contribution < -0.4 is 5.32 Å². The topological polar surface area (TPSA) is 12.0 Å². The van der Waals surface area contributed by atoms with Crippen LogP contribution in [0, 0.1) is 18.8 Å². The van der Waals surface area contributed by atoms with Gasteiger partial charge in [-0.15, -0.1) is 0 Å². The number of hydrogen-bond acceptors (Lipinski definition) is 1. The molecule has 108 valence electrons. The van der Waals surface area contributed by atoms with E-state index in [9.17, 15) is 0 Å². The fourth-order valence-corrected chi connectivity index (χ4v) is 2.39. The zero-order valence-electron chi connectivity index (χ0n) is 13.4. The van der Waals surface area contributed by atoms with Crippen molar-refractivity contribution in [3.63, 3.8) is 0 Å². The molecule has 1 rings (SSSR count). The van der Waals surface area contributed by atoms with Crippen LogP contribution in [0.25, 0.3) is 0 Å². The molecule has 1 aromatic rings. The molecule has 1 atom stereocenters. The van der Waals surface area contributed by atoms with Crippen molar-refractivity contribution in [3.8, 4) is 0 Å². The number of aryl methyl sites for hydroxylation is 1. The molecule has 1 nitrogen and oxygen atoms in total. The second kappa shape index (κ2) is 8.37. The maximum atomic E-state index is 3.63. The first-order chi connectivity index (χ1) is 8.99. The van der Waals surface area contributed by atoms with Crippen LogP contribution in [-0.2, 0) is 0 Å². The molecule has 0 radical (unpaired) electrons. The summed E-state index contributed by atoms with van der Waals surface area (Å²) in [6.45, 7) is 13.6. The van der Waals surface area contributed by atoms with Gasteiger partial charge in [-0.3, -0.25) is 0 Å². The molecule has 0 aliphatic heterocycles. The van der Waals surface area contributed by atoms with Gasteiger partial charge in [0.05, 0.1) is 0 Å². The zero-order valence-corrected chi connectivity index (χ0v) is 13.4. The molecule has 0 fully saturated rings. The predicted octanol–water partition coefficient (Wildman–Crippen LogP) is 4.76. The van der Waals surface area contributed by atoms with Gasteiger partial charge >= 0.3 is 0 Å². The van der Waals surface area contributed by atoms with Gasteiger partial charge in [0, 0.05) is 6.54 Å². The highest BCUT2D eigenvalue weighted by Crippen LogP contribution is 2.23. The molecule has 0 saturated carbocycles. The molecule has 0 aliphatic carbocycles. The van der Waals surface area contributed by atoms with Crippen LogP contribution in [0.2, 0.25) is 0 Å². The lowest BCUT2D eigenvalue weighted by molar-refractivity contribution is 0.459. The lowest BCUT2D eigenvalue weighted by Crippen LogP contribution is -2.25. The molecular formula is C18H31N. The molecule has 1 N–H and O–H groups in total. The summed E-state index contributed by atoms with van der Waals surface area (Å²) in [6, 6.07) is 9.01. The van der Waals surface area contributed by atoms with E-state index in [0.29, 0.717) is 5.92 Å². The van der Waals surface area contributed by atoms with Crippen molar-refractivity contribution >= 4 is 0 Å². The van der Waals surface area contributed by atoms with E-state index in [1.165, 1.54) is 24.0 Å². The molecule has 19 heavy (non-hydrogen) atoms. The van der Waals surface area contributed by atoms with E-state index in [1.807, 2.05) is 0 Å². The predicted molar refractivity (Wildman–Crippen MR) is 85.7 cm³/mol. The molecule has 0 aliphatic rings. The Morgan fingerprint density at radius 3 is 2.26 bits per heavy atom. The first-order valence-corrected chi connectivity index (χ1v) is 7.76. The van der Waals surface area contributed by atoms with Gasteiger partial charge in [-0.1, -0.05) is 63.9 Å². The fourth-order valence-electron chi connectivity index (χ4n) is 2.39. The van der Waals surface area contributed by atoms with Crippen LogP contribution >= 0.6 is 0 Å². The Bertz CT molecular complexity index is 354. The van der Waals surface area contributed by atoms with Crippen LogP contribution in [-0.4, -0.2) is 13.1 Å². The molecule has 0 spiro atoms. The summed E-state index contributed by atoms with van der Waals surface area (Å²) in [7, 11) is 0. The third-order valence-electron chi connectivity index (χ3n) is 3.55. The van der Waals surface area contributed by atoms with Crippen molar-refractivity contribution < 1.29 is 0 Å². The minimum Gasteiger partial charge on any atom is -0.316 e. The first-order valence-electron chi connectivity index (χ1n) is 7.76. The highest BCUT2D eigenvalue weighted by Gasteiger charge is 2.12. The zero-order chi connectivity index (χ0) is 14.3. The van der Waals surface area contributed by atoms with Crippen LogP contribution in [0.3, 0.4) is 0 Å². The summed E-state index contributed by atoms with van der Waals surface area (Å²) < 4.78 is 0. The summed E-state index contributed by atoms with van der Waals surface area (Å²) >= 11 is 0. The summed E-state index contributed by atoms with van der Waals surface area (Å²) in [6.07, 6.45) is 2.59. The molecule has 0 amide bonds. The molecule has 0 heterocycles. The van der Waals surface area contributed by atoms with Gasteiger partial charge in [-0.2, -0.15) is 0 Å². The van der Waals surface area contributed by atoms with Gasteiger partial charge in [-0.25, -0.2) is 0 Å². The molecule has 1 unspecified atom stereocenters. The van der Waals surface area contributed by atoms with Crippen molar-refractivity contribution in [3.05, 3.63) is 35.4 Å². The van der Waals surface area contributed by atoms with Crippen molar-refractivity contribution in [1.29, 1.82) is 0 Å². The first kappa shape index (κ1) is 16.2. The number of benzene rings is 1. The van der Waals surface area contributed by atoms with Gasteiger partial charge in [0.25, 0.3) is 0 Å². The van der Waals surface area contributed by atoms with Crippen LogP contribution in [0.4, 0.5) is 0 Å². The Morgan fingerprint density at radius 2 is 1.68 bits per heavy atom. The largest absolute Gasteiger partial charge is 0.316 e. The second-order valence-electron chi connectivity index (χ2n) is 6.63. The van der Waals surface area contributed by atoms with Gasteiger partial charge < -0.3 is 5.32 Å². The maximum absolute atomic E-state index is 3.63. The van der Waals surface area contributed by atoms with E-state index in [1.54, 1.807) is 0 Å². The molecule has 0 bridgehead atoms. The van der Waals surface area contributed by atoms with Gasteiger partial charge in [0.15, 0.2) is 0 Å². The van der Waals surface area contributed by atoms with E-state index < -0.39 is 0 Å². The highest BCUT2D eigenvalue weighted by atomic mass is 14.9. The van der Waals surface area contributed by atoms with Crippen molar-refractivity contribution in [2.75, 3.05) is 13.1 Å². The highest BCUT2D eigenvalue weighted by molar-refractivity contribution is 5.25.